The molecule has 6 heteroatoms. The summed E-state index contributed by atoms with van der Waals surface area (Å²) in [4.78, 5) is 18.2. The topological polar surface area (TPSA) is 57.8 Å². The number of benzene rings is 1. The van der Waals surface area contributed by atoms with Crippen molar-refractivity contribution in [1.29, 1.82) is 0 Å². The minimum Gasteiger partial charge on any atom is -0.356 e. The fourth-order valence-corrected chi connectivity index (χ4v) is 1.81. The lowest BCUT2D eigenvalue weighted by atomic mass is 10.1. The highest BCUT2D eigenvalue weighted by atomic mass is 19.1. The Labute approximate surface area is 114 Å². The predicted molar refractivity (Wildman–Crippen MR) is 72.8 cm³/mol. The summed E-state index contributed by atoms with van der Waals surface area (Å²) in [5, 5.41) is 2.94. The van der Waals surface area contributed by atoms with Gasteiger partial charge in [-0.2, -0.15) is 0 Å². The molecule has 0 saturated carbocycles. The largest absolute Gasteiger partial charge is 0.356 e. The van der Waals surface area contributed by atoms with Crippen LogP contribution in [0, 0.1) is 11.6 Å². The summed E-state index contributed by atoms with van der Waals surface area (Å²) in [6.07, 6.45) is 0.805. The van der Waals surface area contributed by atoms with Gasteiger partial charge in [0.25, 0.3) is 5.56 Å². The van der Waals surface area contributed by atoms with Crippen molar-refractivity contribution in [3.63, 3.8) is 0 Å². The summed E-state index contributed by atoms with van der Waals surface area (Å²) >= 11 is 0. The summed E-state index contributed by atoms with van der Waals surface area (Å²) in [6, 6.07) is 4.90. The molecule has 1 heterocycles. The highest BCUT2D eigenvalue weighted by molar-refractivity contribution is 5.29. The molecule has 1 aromatic heterocycles. The maximum atomic E-state index is 13.6. The van der Waals surface area contributed by atoms with Crippen molar-refractivity contribution in [2.75, 3.05) is 11.9 Å². The van der Waals surface area contributed by atoms with Crippen LogP contribution in [0.25, 0.3) is 0 Å². The Bertz CT molecular complexity index is 635. The molecule has 2 aromatic rings. The standard InChI is InChI=1S/C14H15F2N3O/c1-2-6-17-14-18-9(8-13(20)19-14)7-10-11(15)4-3-5-12(10)16/h3-5,8H,2,6-7H2,1H3,(H2,17,18,19,20). The molecular weight excluding hydrogens is 264 g/mol. The Morgan fingerprint density at radius 3 is 2.65 bits per heavy atom. The first-order chi connectivity index (χ1) is 9.60. The number of aromatic amines is 1. The number of hydrogen-bond acceptors (Lipinski definition) is 3. The van der Waals surface area contributed by atoms with Crippen LogP contribution in [0.3, 0.4) is 0 Å². The molecule has 20 heavy (non-hydrogen) atoms. The maximum absolute atomic E-state index is 13.6. The second-order valence-electron chi connectivity index (χ2n) is 4.39. The lowest BCUT2D eigenvalue weighted by Gasteiger charge is -2.07. The number of anilines is 1. The predicted octanol–water partition coefficient (Wildman–Crippen LogP) is 2.46. The molecule has 2 N–H and O–H groups in total. The fraction of sp³-hybridized carbons (Fsp3) is 0.286. The van der Waals surface area contributed by atoms with Gasteiger partial charge in [0.15, 0.2) is 0 Å². The van der Waals surface area contributed by atoms with Gasteiger partial charge in [-0.3, -0.25) is 9.78 Å². The molecule has 0 aliphatic carbocycles. The molecular formula is C14H15F2N3O. The third-order valence-electron chi connectivity index (χ3n) is 2.76. The van der Waals surface area contributed by atoms with E-state index in [1.807, 2.05) is 6.92 Å². The summed E-state index contributed by atoms with van der Waals surface area (Å²) < 4.78 is 27.1. The number of hydrogen-bond donors (Lipinski definition) is 2. The van der Waals surface area contributed by atoms with Gasteiger partial charge in [-0.15, -0.1) is 0 Å². The monoisotopic (exact) mass is 279 g/mol. The smallest absolute Gasteiger partial charge is 0.252 e. The van der Waals surface area contributed by atoms with Crippen molar-refractivity contribution >= 4 is 5.95 Å². The molecule has 0 saturated heterocycles. The van der Waals surface area contributed by atoms with Gasteiger partial charge in [0, 0.05) is 24.6 Å². The summed E-state index contributed by atoms with van der Waals surface area (Å²) in [5.41, 5.74) is -0.131. The molecule has 0 fully saturated rings. The molecule has 1 aromatic carbocycles. The third kappa shape index (κ3) is 3.40. The first-order valence-corrected chi connectivity index (χ1v) is 6.37. The summed E-state index contributed by atoms with van der Waals surface area (Å²) in [6.45, 7) is 2.63. The van der Waals surface area contributed by atoms with Crippen LogP contribution in [0.4, 0.5) is 14.7 Å². The molecule has 0 radical (unpaired) electrons. The maximum Gasteiger partial charge on any atom is 0.252 e. The summed E-state index contributed by atoms with van der Waals surface area (Å²) in [7, 11) is 0. The second-order valence-corrected chi connectivity index (χ2v) is 4.39. The zero-order chi connectivity index (χ0) is 14.5. The van der Waals surface area contributed by atoms with Crippen LogP contribution in [-0.4, -0.2) is 16.5 Å². The van der Waals surface area contributed by atoms with Crippen molar-refractivity contribution in [2.24, 2.45) is 0 Å². The first kappa shape index (κ1) is 14.2. The number of aromatic nitrogens is 2. The normalized spacial score (nSPS) is 10.6. The van der Waals surface area contributed by atoms with Crippen molar-refractivity contribution in [3.8, 4) is 0 Å². The van der Waals surface area contributed by atoms with E-state index in [9.17, 15) is 13.6 Å². The van der Waals surface area contributed by atoms with E-state index in [-0.39, 0.29) is 17.5 Å². The van der Waals surface area contributed by atoms with Crippen molar-refractivity contribution in [2.45, 2.75) is 19.8 Å². The van der Waals surface area contributed by atoms with Crippen molar-refractivity contribution in [1.82, 2.24) is 9.97 Å². The van der Waals surface area contributed by atoms with Crippen LogP contribution >= 0.6 is 0 Å². The zero-order valence-corrected chi connectivity index (χ0v) is 11.0. The Hall–Kier alpha value is -2.24. The van der Waals surface area contributed by atoms with E-state index in [1.54, 1.807) is 0 Å². The summed E-state index contributed by atoms with van der Waals surface area (Å²) in [5.74, 6) is -0.976. The lowest BCUT2D eigenvalue weighted by Crippen LogP contribution is -2.15. The molecule has 0 aliphatic heterocycles. The quantitative estimate of drug-likeness (QED) is 0.884. The van der Waals surface area contributed by atoms with Crippen LogP contribution in [0.1, 0.15) is 24.6 Å². The molecule has 0 atom stereocenters. The van der Waals surface area contributed by atoms with E-state index in [2.05, 4.69) is 15.3 Å². The Kier molecular flexibility index (Phi) is 4.45. The van der Waals surface area contributed by atoms with Gasteiger partial charge in [0.1, 0.15) is 11.6 Å². The Morgan fingerprint density at radius 2 is 2.00 bits per heavy atom. The average molecular weight is 279 g/mol. The van der Waals surface area contributed by atoms with Crippen molar-refractivity contribution < 1.29 is 8.78 Å². The second kappa shape index (κ2) is 6.27. The van der Waals surface area contributed by atoms with Crippen LogP contribution in [0.2, 0.25) is 0 Å². The van der Waals surface area contributed by atoms with E-state index in [4.69, 9.17) is 0 Å². The highest BCUT2D eigenvalue weighted by Crippen LogP contribution is 2.15. The molecule has 4 nitrogen and oxygen atoms in total. The average Bonchev–Trinajstić information content (AvgIpc) is 2.40. The van der Waals surface area contributed by atoms with Crippen LogP contribution in [0.15, 0.2) is 29.1 Å². The van der Waals surface area contributed by atoms with Gasteiger partial charge in [-0.25, -0.2) is 13.8 Å². The third-order valence-corrected chi connectivity index (χ3v) is 2.76. The number of halogens is 2. The van der Waals surface area contributed by atoms with E-state index in [0.717, 1.165) is 6.42 Å². The van der Waals surface area contributed by atoms with E-state index < -0.39 is 11.6 Å². The molecule has 0 aliphatic rings. The molecule has 0 spiro atoms. The van der Waals surface area contributed by atoms with Gasteiger partial charge >= 0.3 is 0 Å². The minimum atomic E-state index is -0.643. The molecule has 2 rings (SSSR count). The highest BCUT2D eigenvalue weighted by Gasteiger charge is 2.11. The van der Waals surface area contributed by atoms with Crippen molar-refractivity contribution in [3.05, 3.63) is 57.5 Å². The van der Waals surface area contributed by atoms with Gasteiger partial charge in [0.2, 0.25) is 5.95 Å². The van der Waals surface area contributed by atoms with Gasteiger partial charge < -0.3 is 5.32 Å². The van der Waals surface area contributed by atoms with Crippen LogP contribution < -0.4 is 10.9 Å². The number of nitrogens with one attached hydrogen (secondary N) is 2. The fourth-order valence-electron chi connectivity index (χ4n) is 1.81. The Morgan fingerprint density at radius 1 is 1.30 bits per heavy atom. The van der Waals surface area contributed by atoms with E-state index in [1.165, 1.54) is 24.3 Å². The molecule has 0 unspecified atom stereocenters. The first-order valence-electron chi connectivity index (χ1n) is 6.37. The van der Waals surface area contributed by atoms with Crippen LogP contribution in [0.5, 0.6) is 0 Å². The minimum absolute atomic E-state index is 0.0662. The zero-order valence-electron chi connectivity index (χ0n) is 11.0. The van der Waals surface area contributed by atoms with Crippen LogP contribution in [-0.2, 0) is 6.42 Å². The Balaban J connectivity index is 2.29. The number of rotatable bonds is 5. The van der Waals surface area contributed by atoms with Gasteiger partial charge in [-0.1, -0.05) is 13.0 Å². The molecule has 0 amide bonds. The van der Waals surface area contributed by atoms with E-state index in [0.29, 0.717) is 18.2 Å². The van der Waals surface area contributed by atoms with Gasteiger partial charge in [0.05, 0.1) is 5.69 Å². The molecule has 106 valence electrons. The number of H-pyrrole nitrogens is 1. The molecule has 0 bridgehead atoms. The van der Waals surface area contributed by atoms with E-state index >= 15 is 0 Å². The SMILES string of the molecule is CCCNc1nc(Cc2c(F)cccc2F)cc(=O)[nH]1. The lowest BCUT2D eigenvalue weighted by molar-refractivity contribution is 0.560. The van der Waals surface area contributed by atoms with Gasteiger partial charge in [-0.05, 0) is 18.6 Å². The number of nitrogens with zero attached hydrogens (tertiary/aromatic N) is 1.